The Morgan fingerprint density at radius 2 is 1.38 bits per heavy atom. The van der Waals surface area contributed by atoms with Crippen molar-refractivity contribution in [3.05, 3.63) is 87.4 Å². The molecule has 3 aromatic rings. The van der Waals surface area contributed by atoms with Crippen LogP contribution in [0.4, 0.5) is 4.79 Å². The van der Waals surface area contributed by atoms with Gasteiger partial charge in [-0.15, -0.1) is 0 Å². The molecule has 0 radical (unpaired) electrons. The molecule has 3 aliphatic heterocycles. The number of urea groups is 1. The number of ether oxygens (including phenoxy) is 3. The molecule has 1 atom stereocenters. The predicted molar refractivity (Wildman–Crippen MR) is 212 cm³/mol. The fraction of sp³-hybridized carbons (Fsp3) is 0.488. The lowest BCUT2D eigenvalue weighted by atomic mass is 9.76. The van der Waals surface area contributed by atoms with Gasteiger partial charge in [0.25, 0.3) is 5.91 Å². The van der Waals surface area contributed by atoms with Crippen LogP contribution < -0.4 is 19.5 Å². The van der Waals surface area contributed by atoms with E-state index in [0.717, 1.165) is 56.4 Å². The second-order valence-corrected chi connectivity index (χ2v) is 15.6. The standard InChI is InChI=1S/C41H51Cl2N5O7/c1-53-34-25-29(26-35(54-2)37(34)55-3)38(51)48-20-13-40(28-48,31-9-10-32(42)33(43)27-31)12-17-46-18-14-41(15-19-46,30-7-5-4-6-8-30)44-39(52)47-23-21-45(22-24-47)16-11-36(49)50/h4-10,25-27H,11-24,28H2,1-3H3,(H,44,52)(H,49,50)/t40-/m0/s1. The van der Waals surface area contributed by atoms with Crippen molar-refractivity contribution < 1.29 is 33.7 Å². The van der Waals surface area contributed by atoms with Crippen LogP contribution in [0.1, 0.15) is 53.6 Å². The van der Waals surface area contributed by atoms with Gasteiger partial charge in [0.1, 0.15) is 0 Å². The molecule has 3 heterocycles. The van der Waals surface area contributed by atoms with Crippen molar-refractivity contribution in [2.24, 2.45) is 0 Å². The smallest absolute Gasteiger partial charge is 0.318 e. The predicted octanol–water partition coefficient (Wildman–Crippen LogP) is 5.99. The highest BCUT2D eigenvalue weighted by Crippen LogP contribution is 2.43. The molecule has 55 heavy (non-hydrogen) atoms. The lowest BCUT2D eigenvalue weighted by molar-refractivity contribution is -0.137. The normalized spacial score (nSPS) is 20.2. The van der Waals surface area contributed by atoms with Gasteiger partial charge >= 0.3 is 12.0 Å². The number of benzene rings is 3. The van der Waals surface area contributed by atoms with Crippen molar-refractivity contribution in [2.45, 2.75) is 43.1 Å². The Balaban J connectivity index is 1.15. The van der Waals surface area contributed by atoms with E-state index in [2.05, 4.69) is 27.2 Å². The topological polar surface area (TPSA) is 124 Å². The van der Waals surface area contributed by atoms with Crippen LogP contribution in [0.3, 0.4) is 0 Å². The number of nitrogens with one attached hydrogen (secondary N) is 1. The van der Waals surface area contributed by atoms with E-state index >= 15 is 0 Å². The molecule has 296 valence electrons. The number of piperidine rings is 1. The van der Waals surface area contributed by atoms with Gasteiger partial charge in [0.2, 0.25) is 5.75 Å². The molecule has 3 fully saturated rings. The zero-order valence-electron chi connectivity index (χ0n) is 31.8. The molecule has 0 spiro atoms. The summed E-state index contributed by atoms with van der Waals surface area (Å²) in [6.07, 6.45) is 3.13. The fourth-order valence-electron chi connectivity index (χ4n) is 8.33. The molecule has 12 nitrogen and oxygen atoms in total. The number of aliphatic carboxylic acids is 1. The van der Waals surface area contributed by atoms with Gasteiger partial charge in [0.05, 0.1) is 43.3 Å². The summed E-state index contributed by atoms with van der Waals surface area (Å²) in [6.45, 7) is 6.32. The maximum Gasteiger partial charge on any atom is 0.318 e. The second kappa shape index (κ2) is 17.7. The van der Waals surface area contributed by atoms with Crippen molar-refractivity contribution in [2.75, 3.05) is 86.8 Å². The first kappa shape index (κ1) is 40.4. The maximum atomic E-state index is 14.1. The molecule has 0 saturated carbocycles. The Hall–Kier alpha value is -4.23. The van der Waals surface area contributed by atoms with Gasteiger partial charge in [-0.2, -0.15) is 0 Å². The third-order valence-corrected chi connectivity index (χ3v) is 12.4. The van der Waals surface area contributed by atoms with Crippen LogP contribution >= 0.6 is 23.2 Å². The van der Waals surface area contributed by atoms with Crippen LogP contribution in [0.2, 0.25) is 10.0 Å². The lowest BCUT2D eigenvalue weighted by Gasteiger charge is -2.45. The summed E-state index contributed by atoms with van der Waals surface area (Å²) >= 11 is 13.0. The highest BCUT2D eigenvalue weighted by Gasteiger charge is 2.44. The van der Waals surface area contributed by atoms with E-state index in [-0.39, 0.29) is 23.8 Å². The van der Waals surface area contributed by atoms with E-state index in [1.165, 1.54) is 21.3 Å². The van der Waals surface area contributed by atoms with E-state index in [1.807, 2.05) is 46.2 Å². The largest absolute Gasteiger partial charge is 0.493 e. The Morgan fingerprint density at radius 1 is 0.727 bits per heavy atom. The molecule has 3 aliphatic rings. The monoisotopic (exact) mass is 795 g/mol. The number of carbonyl (C=O) groups excluding carboxylic acids is 2. The van der Waals surface area contributed by atoms with E-state index in [0.29, 0.717) is 78.7 Å². The molecule has 0 bridgehead atoms. The minimum Gasteiger partial charge on any atom is -0.493 e. The molecule has 0 aromatic heterocycles. The third-order valence-electron chi connectivity index (χ3n) is 11.7. The van der Waals surface area contributed by atoms with Crippen molar-refractivity contribution in [1.29, 1.82) is 0 Å². The zero-order valence-corrected chi connectivity index (χ0v) is 33.3. The molecule has 0 aliphatic carbocycles. The maximum absolute atomic E-state index is 14.1. The number of piperazine rings is 1. The number of hydrogen-bond donors (Lipinski definition) is 2. The number of rotatable bonds is 13. The molecule has 14 heteroatoms. The molecule has 0 unspecified atom stereocenters. The van der Waals surface area contributed by atoms with Gasteiger partial charge in [-0.05, 0) is 67.6 Å². The van der Waals surface area contributed by atoms with Crippen LogP contribution in [0.25, 0.3) is 0 Å². The molecular weight excluding hydrogens is 745 g/mol. The minimum atomic E-state index is -0.811. The third kappa shape index (κ3) is 9.09. The first-order valence-corrected chi connectivity index (χ1v) is 19.6. The van der Waals surface area contributed by atoms with Crippen molar-refractivity contribution >= 4 is 41.1 Å². The van der Waals surface area contributed by atoms with Gasteiger partial charge in [-0.1, -0.05) is 59.6 Å². The van der Waals surface area contributed by atoms with Crippen LogP contribution in [0, 0.1) is 0 Å². The van der Waals surface area contributed by atoms with Crippen LogP contribution in [0.5, 0.6) is 17.2 Å². The molecule has 3 amide bonds. The summed E-state index contributed by atoms with van der Waals surface area (Å²) in [5.41, 5.74) is 1.71. The van der Waals surface area contributed by atoms with Crippen molar-refractivity contribution in [3.63, 3.8) is 0 Å². The van der Waals surface area contributed by atoms with E-state index < -0.39 is 11.5 Å². The number of halogens is 2. The number of likely N-dealkylation sites (tertiary alicyclic amines) is 2. The van der Waals surface area contributed by atoms with E-state index in [4.69, 9.17) is 42.5 Å². The summed E-state index contributed by atoms with van der Waals surface area (Å²) in [7, 11) is 4.60. The number of carboxylic acids is 1. The highest BCUT2D eigenvalue weighted by atomic mass is 35.5. The van der Waals surface area contributed by atoms with Crippen LogP contribution in [-0.2, 0) is 15.7 Å². The number of methoxy groups -OCH3 is 3. The number of carbonyl (C=O) groups is 3. The van der Waals surface area contributed by atoms with Gasteiger partial charge < -0.3 is 39.3 Å². The Bertz CT molecular complexity index is 1810. The van der Waals surface area contributed by atoms with Crippen molar-refractivity contribution in [3.8, 4) is 17.2 Å². The van der Waals surface area contributed by atoms with Gasteiger partial charge in [0, 0.05) is 69.9 Å². The lowest BCUT2D eigenvalue weighted by Crippen LogP contribution is -2.59. The first-order chi connectivity index (χ1) is 26.5. The zero-order chi connectivity index (χ0) is 39.2. The molecule has 3 saturated heterocycles. The number of amides is 3. The Labute approximate surface area is 333 Å². The molecule has 2 N–H and O–H groups in total. The summed E-state index contributed by atoms with van der Waals surface area (Å²) in [5, 5.41) is 13.5. The number of nitrogens with zero attached hydrogens (tertiary/aromatic N) is 4. The van der Waals surface area contributed by atoms with E-state index in [1.54, 1.807) is 12.1 Å². The summed E-state index contributed by atoms with van der Waals surface area (Å²) < 4.78 is 16.5. The van der Waals surface area contributed by atoms with E-state index in [9.17, 15) is 14.4 Å². The van der Waals surface area contributed by atoms with Crippen LogP contribution in [0.15, 0.2) is 60.7 Å². The van der Waals surface area contributed by atoms with Gasteiger partial charge in [-0.3, -0.25) is 14.5 Å². The Morgan fingerprint density at radius 3 is 1.98 bits per heavy atom. The first-order valence-electron chi connectivity index (χ1n) is 18.8. The van der Waals surface area contributed by atoms with Crippen LogP contribution in [-0.4, -0.2) is 129 Å². The highest BCUT2D eigenvalue weighted by molar-refractivity contribution is 6.42. The average molecular weight is 797 g/mol. The second-order valence-electron chi connectivity index (χ2n) is 14.7. The molecule has 3 aromatic carbocycles. The van der Waals surface area contributed by atoms with Gasteiger partial charge in [0.15, 0.2) is 11.5 Å². The summed E-state index contributed by atoms with van der Waals surface area (Å²) in [5.74, 6) is 0.336. The Kier molecular flexibility index (Phi) is 13.0. The van der Waals surface area contributed by atoms with Gasteiger partial charge in [-0.25, -0.2) is 4.79 Å². The average Bonchev–Trinajstić information content (AvgIpc) is 3.66. The summed E-state index contributed by atoms with van der Waals surface area (Å²) in [4.78, 5) is 47.2. The quantitative estimate of drug-likeness (QED) is 0.215. The molecule has 6 rings (SSSR count). The number of carboxylic acid groups (broad SMARTS) is 1. The summed E-state index contributed by atoms with van der Waals surface area (Å²) in [6, 6.07) is 19.3. The fourth-order valence-corrected chi connectivity index (χ4v) is 8.63. The number of hydrogen-bond acceptors (Lipinski definition) is 8. The molecular formula is C41H51Cl2N5O7. The minimum absolute atomic E-state index is 0.0865. The SMILES string of the molecule is COc1cc(C(=O)N2CC[C@](CCN3CCC(NC(=O)N4CCN(CCC(=O)O)CC4)(c4ccccc4)CC3)(c3ccc(Cl)c(Cl)c3)C2)cc(OC)c1OC. The van der Waals surface area contributed by atoms with Crippen molar-refractivity contribution in [1.82, 2.24) is 24.9 Å².